The number of carbonyl (C=O) groups excluding carboxylic acids is 2. The van der Waals surface area contributed by atoms with E-state index in [2.05, 4.69) is 30.4 Å². The molecule has 0 unspecified atom stereocenters. The number of aliphatic hydroxyl groups is 1. The first kappa shape index (κ1) is 28.1. The van der Waals surface area contributed by atoms with Crippen LogP contribution in [0.25, 0.3) is 0 Å². The predicted molar refractivity (Wildman–Crippen MR) is 143 cm³/mol. The van der Waals surface area contributed by atoms with Crippen molar-refractivity contribution in [3.8, 4) is 0 Å². The molecule has 9 heteroatoms. The largest absolute Gasteiger partial charge is 0.480 e. The lowest BCUT2D eigenvalue weighted by Gasteiger charge is -2.59. The van der Waals surface area contributed by atoms with Crippen molar-refractivity contribution in [1.82, 2.24) is 5.32 Å². The fourth-order valence-electron chi connectivity index (χ4n) is 8.14. The number of thioether (sulfide) groups is 1. The van der Waals surface area contributed by atoms with E-state index in [1.54, 1.807) is 6.92 Å². The topological polar surface area (TPSA) is 125 Å². The fraction of sp³-hybridized carbons (Fsp3) is 0.786. The Hall–Kier alpha value is -1.87. The normalized spacial score (nSPS) is 38.6. The number of aliphatic carboxylic acids is 1. The summed E-state index contributed by atoms with van der Waals surface area (Å²) in [7, 11) is 0. The van der Waals surface area contributed by atoms with Gasteiger partial charge in [-0.2, -0.15) is 11.8 Å². The van der Waals surface area contributed by atoms with Crippen molar-refractivity contribution in [1.29, 1.82) is 0 Å². The highest BCUT2D eigenvalue weighted by molar-refractivity contribution is 7.98. The number of nitrogens with zero attached hydrogens (tertiary/aromatic N) is 1. The minimum Gasteiger partial charge on any atom is -0.480 e. The first-order chi connectivity index (χ1) is 17.5. The van der Waals surface area contributed by atoms with E-state index in [-0.39, 0.29) is 23.2 Å². The van der Waals surface area contributed by atoms with E-state index in [1.165, 1.54) is 17.3 Å². The molecule has 7 atom stereocenters. The van der Waals surface area contributed by atoms with Crippen molar-refractivity contribution in [2.24, 2.45) is 33.7 Å². The zero-order chi connectivity index (χ0) is 27.0. The van der Waals surface area contributed by atoms with Crippen LogP contribution in [0, 0.1) is 28.6 Å². The second-order valence-electron chi connectivity index (χ2n) is 12.0. The van der Waals surface area contributed by atoms with Gasteiger partial charge in [0.2, 0.25) is 0 Å². The average Bonchev–Trinajstić information content (AvgIpc) is 3.13. The van der Waals surface area contributed by atoms with E-state index >= 15 is 0 Å². The monoisotopic (exact) mass is 534 g/mol. The molecular weight excluding hydrogens is 492 g/mol. The molecule has 0 saturated heterocycles. The highest BCUT2D eigenvalue weighted by atomic mass is 32.2. The van der Waals surface area contributed by atoms with Gasteiger partial charge in [0, 0.05) is 5.41 Å². The maximum Gasteiger partial charge on any atom is 0.326 e. The maximum absolute atomic E-state index is 12.4. The number of carbonyl (C=O) groups is 3. The average molecular weight is 535 g/mol. The van der Waals surface area contributed by atoms with Crippen molar-refractivity contribution in [2.45, 2.75) is 90.2 Å². The molecule has 0 aromatic heterocycles. The highest BCUT2D eigenvalue weighted by Crippen LogP contribution is 2.67. The molecule has 206 valence electrons. The van der Waals surface area contributed by atoms with E-state index in [0.29, 0.717) is 36.3 Å². The second kappa shape index (κ2) is 10.7. The lowest BCUT2D eigenvalue weighted by Crippen LogP contribution is -2.57. The zero-order valence-electron chi connectivity index (χ0n) is 22.5. The van der Waals surface area contributed by atoms with Crippen LogP contribution in [0.5, 0.6) is 0 Å². The summed E-state index contributed by atoms with van der Waals surface area (Å²) >= 11 is 1.53. The lowest BCUT2D eigenvalue weighted by molar-refractivity contribution is -0.159. The number of hydrogen-bond acceptors (Lipinski definition) is 7. The highest BCUT2D eigenvalue weighted by Gasteiger charge is 2.65. The van der Waals surface area contributed by atoms with Gasteiger partial charge in [-0.05, 0) is 106 Å². The van der Waals surface area contributed by atoms with Crippen molar-refractivity contribution in [2.75, 3.05) is 18.6 Å². The van der Waals surface area contributed by atoms with E-state index in [9.17, 15) is 24.6 Å². The molecular formula is C28H42N2O6S. The van der Waals surface area contributed by atoms with E-state index in [1.807, 2.05) is 6.26 Å². The summed E-state index contributed by atoms with van der Waals surface area (Å²) in [6, 6.07) is -0.924. The number of carboxylic acids is 1. The van der Waals surface area contributed by atoms with Crippen LogP contribution in [0.3, 0.4) is 0 Å². The minimum absolute atomic E-state index is 0.0730. The van der Waals surface area contributed by atoms with Crippen LogP contribution in [-0.4, -0.2) is 63.8 Å². The number of oxime groups is 1. The number of amides is 1. The van der Waals surface area contributed by atoms with Crippen LogP contribution in [-0.2, 0) is 19.2 Å². The quantitative estimate of drug-likeness (QED) is 0.382. The summed E-state index contributed by atoms with van der Waals surface area (Å²) in [5, 5.41) is 27.3. The Morgan fingerprint density at radius 3 is 2.57 bits per heavy atom. The van der Waals surface area contributed by atoms with Gasteiger partial charge in [0.25, 0.3) is 5.91 Å². The van der Waals surface area contributed by atoms with E-state index < -0.39 is 23.5 Å². The number of hydrogen-bond donors (Lipinski definition) is 3. The van der Waals surface area contributed by atoms with Crippen molar-refractivity contribution in [3.05, 3.63) is 11.6 Å². The third-order valence-corrected chi connectivity index (χ3v) is 11.0. The molecule has 0 aromatic rings. The number of allylic oxidation sites excluding steroid dienone is 2. The van der Waals surface area contributed by atoms with Crippen molar-refractivity contribution < 1.29 is 29.4 Å². The molecule has 0 bridgehead atoms. The molecule has 4 aliphatic carbocycles. The van der Waals surface area contributed by atoms with Crippen LogP contribution in [0.15, 0.2) is 16.8 Å². The van der Waals surface area contributed by atoms with Crippen LogP contribution in [0.4, 0.5) is 0 Å². The smallest absolute Gasteiger partial charge is 0.326 e. The summed E-state index contributed by atoms with van der Waals surface area (Å²) in [5.74, 6) is 0.450. The van der Waals surface area contributed by atoms with Crippen LogP contribution in [0.1, 0.15) is 78.6 Å². The van der Waals surface area contributed by atoms with Gasteiger partial charge >= 0.3 is 5.97 Å². The molecule has 8 nitrogen and oxygen atoms in total. The van der Waals surface area contributed by atoms with Crippen LogP contribution in [0.2, 0.25) is 0 Å². The Bertz CT molecular complexity index is 997. The molecule has 0 aromatic carbocycles. The molecule has 1 amide bonds. The molecule has 3 fully saturated rings. The Morgan fingerprint density at radius 1 is 1.16 bits per heavy atom. The molecule has 3 N–H and O–H groups in total. The standard InChI is InChI=1S/C28H42N2O6S/c1-17(31)28(35)13-9-22-20-6-5-18-15-19(7-11-26(18,2)21(20)8-12-27(22,28)3)30-36-16-24(32)29-23(25(33)34)10-14-37-4/h15,20-23,35H,5-14,16H2,1-4H3,(H,29,32)(H,33,34)/t20-,21+,22-,23-,26-,27-,28-/m0/s1. The fourth-order valence-corrected chi connectivity index (χ4v) is 8.61. The Kier molecular flexibility index (Phi) is 8.15. The third-order valence-electron chi connectivity index (χ3n) is 10.3. The van der Waals surface area contributed by atoms with Crippen LogP contribution < -0.4 is 5.32 Å². The van der Waals surface area contributed by atoms with E-state index in [4.69, 9.17) is 4.84 Å². The SMILES string of the molecule is CSCC[C@H](NC(=O)CON=C1C=C2CC[C@H]3[C@@H](CC[C@@]4(C)[C@H]3CC[C@]4(O)C(C)=O)[C@@]2(C)CC1)C(=O)O. The molecule has 0 aliphatic heterocycles. The van der Waals surface area contributed by atoms with Crippen LogP contribution >= 0.6 is 11.8 Å². The molecule has 37 heavy (non-hydrogen) atoms. The first-order valence-corrected chi connectivity index (χ1v) is 15.0. The summed E-state index contributed by atoms with van der Waals surface area (Å²) in [6.45, 7) is 5.76. The van der Waals surface area contributed by atoms with Gasteiger partial charge in [0.05, 0.1) is 5.71 Å². The molecule has 0 spiro atoms. The number of ketones is 1. The minimum atomic E-state index is -1.19. The van der Waals surface area contributed by atoms with Gasteiger partial charge in [0.1, 0.15) is 11.6 Å². The Labute approximate surface area is 224 Å². The Morgan fingerprint density at radius 2 is 1.89 bits per heavy atom. The number of rotatable bonds is 9. The predicted octanol–water partition coefficient (Wildman–Crippen LogP) is 3.96. The second-order valence-corrected chi connectivity index (χ2v) is 13.0. The van der Waals surface area contributed by atoms with Gasteiger partial charge in [-0.3, -0.25) is 9.59 Å². The number of nitrogens with one attached hydrogen (secondary N) is 1. The lowest BCUT2D eigenvalue weighted by atomic mass is 9.46. The molecule has 4 rings (SSSR count). The van der Waals surface area contributed by atoms with Gasteiger partial charge in [-0.15, -0.1) is 0 Å². The number of fused-ring (bicyclic) bond motifs is 5. The molecule has 0 heterocycles. The third kappa shape index (κ3) is 4.98. The van der Waals surface area contributed by atoms with Crippen molar-refractivity contribution >= 4 is 35.1 Å². The van der Waals surface area contributed by atoms with Gasteiger partial charge < -0.3 is 20.4 Å². The summed E-state index contributed by atoms with van der Waals surface area (Å²) < 4.78 is 0. The zero-order valence-corrected chi connectivity index (χ0v) is 23.4. The van der Waals surface area contributed by atoms with Gasteiger partial charge in [0.15, 0.2) is 12.4 Å². The Balaban J connectivity index is 1.39. The molecule has 0 radical (unpaired) electrons. The number of carboxylic acid groups (broad SMARTS) is 1. The van der Waals surface area contributed by atoms with Crippen molar-refractivity contribution in [3.63, 3.8) is 0 Å². The summed E-state index contributed by atoms with van der Waals surface area (Å²) in [6.07, 6.45) is 11.6. The van der Waals surface area contributed by atoms with E-state index in [0.717, 1.165) is 50.7 Å². The molecule has 3 saturated carbocycles. The van der Waals surface area contributed by atoms with Gasteiger partial charge in [-0.1, -0.05) is 24.6 Å². The van der Waals surface area contributed by atoms with Gasteiger partial charge in [-0.25, -0.2) is 4.79 Å². The summed E-state index contributed by atoms with van der Waals surface area (Å²) in [4.78, 5) is 41.3. The molecule has 4 aliphatic rings. The maximum atomic E-state index is 12.4. The number of Topliss-reactive ketones (excluding diaryl/α,β-unsaturated/α-hetero) is 1. The first-order valence-electron chi connectivity index (χ1n) is 13.6. The summed E-state index contributed by atoms with van der Waals surface area (Å²) in [5.41, 5.74) is 0.766.